The summed E-state index contributed by atoms with van der Waals surface area (Å²) in [6.45, 7) is 5.09. The van der Waals surface area contributed by atoms with Gasteiger partial charge in [-0.05, 0) is 38.1 Å². The van der Waals surface area contributed by atoms with E-state index in [1.807, 2.05) is 13.8 Å². The van der Waals surface area contributed by atoms with Crippen LogP contribution in [0, 0.1) is 5.82 Å². The smallest absolute Gasteiger partial charge is 0.277 e. The molecule has 0 radical (unpaired) electrons. The van der Waals surface area contributed by atoms with E-state index in [1.54, 1.807) is 17.0 Å². The van der Waals surface area contributed by atoms with Crippen LogP contribution in [0.1, 0.15) is 13.8 Å². The Kier molecular flexibility index (Phi) is 5.15. The molecule has 6 nitrogen and oxygen atoms in total. The van der Waals surface area contributed by atoms with Gasteiger partial charge in [-0.15, -0.1) is 10.2 Å². The molecule has 2 atom stereocenters. The number of morpholine rings is 1. The van der Waals surface area contributed by atoms with Crippen molar-refractivity contribution in [2.45, 2.75) is 31.3 Å². The van der Waals surface area contributed by atoms with Crippen LogP contribution in [0.5, 0.6) is 0 Å². The number of thioether (sulfide) groups is 1. The quantitative estimate of drug-likeness (QED) is 0.789. The maximum absolute atomic E-state index is 12.9. The van der Waals surface area contributed by atoms with Crippen molar-refractivity contribution in [1.82, 2.24) is 15.1 Å². The molecule has 1 amide bonds. The van der Waals surface area contributed by atoms with Crippen LogP contribution in [0.2, 0.25) is 0 Å². The first kappa shape index (κ1) is 16.9. The lowest BCUT2D eigenvalue weighted by Crippen LogP contribution is -2.48. The molecule has 0 aliphatic carbocycles. The highest BCUT2D eigenvalue weighted by Gasteiger charge is 2.26. The summed E-state index contributed by atoms with van der Waals surface area (Å²) < 4.78 is 24.1. The Morgan fingerprint density at radius 2 is 1.92 bits per heavy atom. The minimum Gasteiger partial charge on any atom is -0.411 e. The van der Waals surface area contributed by atoms with Gasteiger partial charge in [0, 0.05) is 18.7 Å². The van der Waals surface area contributed by atoms with Gasteiger partial charge in [0.05, 0.1) is 18.0 Å². The summed E-state index contributed by atoms with van der Waals surface area (Å²) in [4.78, 5) is 14.1. The monoisotopic (exact) mass is 351 g/mol. The third-order valence-corrected chi connectivity index (χ3v) is 4.39. The van der Waals surface area contributed by atoms with Crippen LogP contribution in [-0.4, -0.2) is 52.1 Å². The average molecular weight is 351 g/mol. The number of carbonyl (C=O) groups excluding carboxylic acids is 1. The molecular formula is C16H18FN3O3S. The van der Waals surface area contributed by atoms with Crippen molar-refractivity contribution in [2.75, 3.05) is 18.8 Å². The Hall–Kier alpha value is -1.93. The number of aromatic nitrogens is 2. The zero-order chi connectivity index (χ0) is 17.1. The van der Waals surface area contributed by atoms with Gasteiger partial charge >= 0.3 is 0 Å². The Labute approximate surface area is 143 Å². The number of nitrogens with zero attached hydrogens (tertiary/aromatic N) is 3. The van der Waals surface area contributed by atoms with E-state index in [-0.39, 0.29) is 29.7 Å². The molecule has 0 saturated carbocycles. The van der Waals surface area contributed by atoms with Gasteiger partial charge in [-0.1, -0.05) is 11.8 Å². The third kappa shape index (κ3) is 4.12. The van der Waals surface area contributed by atoms with Gasteiger partial charge in [-0.3, -0.25) is 4.79 Å². The Morgan fingerprint density at radius 3 is 2.58 bits per heavy atom. The van der Waals surface area contributed by atoms with Crippen molar-refractivity contribution in [3.05, 3.63) is 30.1 Å². The Morgan fingerprint density at radius 1 is 1.25 bits per heavy atom. The molecule has 1 fully saturated rings. The second kappa shape index (κ2) is 7.31. The normalized spacial score (nSPS) is 21.0. The van der Waals surface area contributed by atoms with Gasteiger partial charge in [0.15, 0.2) is 0 Å². The molecule has 0 unspecified atom stereocenters. The number of halogens is 1. The minimum absolute atomic E-state index is 0.0172. The molecule has 1 aliphatic rings. The van der Waals surface area contributed by atoms with Crippen molar-refractivity contribution in [3.63, 3.8) is 0 Å². The van der Waals surface area contributed by atoms with Gasteiger partial charge in [0.25, 0.3) is 5.22 Å². The van der Waals surface area contributed by atoms with Crippen LogP contribution in [0.25, 0.3) is 11.5 Å². The molecule has 2 aromatic rings. The first-order valence-corrected chi connectivity index (χ1v) is 8.65. The number of ether oxygens (including phenoxy) is 1. The fourth-order valence-corrected chi connectivity index (χ4v) is 3.24. The van der Waals surface area contributed by atoms with Crippen molar-refractivity contribution >= 4 is 17.7 Å². The zero-order valence-electron chi connectivity index (χ0n) is 13.4. The standard InChI is InChI=1S/C16H18FN3O3S/c1-10-7-20(8-11(2)22-10)14(21)9-24-16-19-18-15(23-16)12-3-5-13(17)6-4-12/h3-6,10-11H,7-9H2,1-2H3/t10-,11-/m0/s1. The van der Waals surface area contributed by atoms with Crippen LogP contribution in [0.3, 0.4) is 0 Å². The average Bonchev–Trinajstić information content (AvgIpc) is 3.01. The summed E-state index contributed by atoms with van der Waals surface area (Å²) in [5.41, 5.74) is 0.637. The van der Waals surface area contributed by atoms with Crippen LogP contribution in [0.4, 0.5) is 4.39 Å². The van der Waals surface area contributed by atoms with E-state index in [9.17, 15) is 9.18 Å². The van der Waals surface area contributed by atoms with E-state index >= 15 is 0 Å². The summed E-state index contributed by atoms with van der Waals surface area (Å²) >= 11 is 1.20. The van der Waals surface area contributed by atoms with Crippen LogP contribution in [0.15, 0.2) is 33.9 Å². The lowest BCUT2D eigenvalue weighted by atomic mass is 10.2. The Bertz CT molecular complexity index is 697. The van der Waals surface area contributed by atoms with E-state index < -0.39 is 0 Å². The van der Waals surface area contributed by atoms with Crippen molar-refractivity contribution in [3.8, 4) is 11.5 Å². The number of rotatable bonds is 4. The van der Waals surface area contributed by atoms with Crippen LogP contribution < -0.4 is 0 Å². The van der Waals surface area contributed by atoms with E-state index in [0.717, 1.165) is 0 Å². The second-order valence-corrected chi connectivity index (χ2v) is 6.65. The van der Waals surface area contributed by atoms with Crippen molar-refractivity contribution in [2.24, 2.45) is 0 Å². The van der Waals surface area contributed by atoms with Gasteiger partial charge in [0.2, 0.25) is 11.8 Å². The largest absolute Gasteiger partial charge is 0.411 e. The maximum atomic E-state index is 12.9. The summed E-state index contributed by atoms with van der Waals surface area (Å²) in [6, 6.07) is 5.80. The molecule has 0 spiro atoms. The maximum Gasteiger partial charge on any atom is 0.277 e. The molecule has 0 bridgehead atoms. The fourth-order valence-electron chi connectivity index (χ4n) is 2.57. The summed E-state index contributed by atoms with van der Waals surface area (Å²) in [7, 11) is 0. The van der Waals surface area contributed by atoms with Gasteiger partial charge in [-0.25, -0.2) is 4.39 Å². The second-order valence-electron chi connectivity index (χ2n) is 5.72. The number of hydrogen-bond donors (Lipinski definition) is 0. The molecule has 8 heteroatoms. The van der Waals surface area contributed by atoms with Gasteiger partial charge < -0.3 is 14.1 Å². The van der Waals surface area contributed by atoms with Gasteiger partial charge in [0.1, 0.15) is 5.82 Å². The molecule has 1 aromatic heterocycles. The molecule has 24 heavy (non-hydrogen) atoms. The molecule has 1 aromatic carbocycles. The predicted molar refractivity (Wildman–Crippen MR) is 87.0 cm³/mol. The zero-order valence-corrected chi connectivity index (χ0v) is 14.3. The highest BCUT2D eigenvalue weighted by Crippen LogP contribution is 2.24. The van der Waals surface area contributed by atoms with Crippen LogP contribution >= 0.6 is 11.8 Å². The molecule has 128 valence electrons. The van der Waals surface area contributed by atoms with Gasteiger partial charge in [-0.2, -0.15) is 0 Å². The summed E-state index contributed by atoms with van der Waals surface area (Å²) in [5, 5.41) is 8.16. The summed E-state index contributed by atoms with van der Waals surface area (Å²) in [6.07, 6.45) is 0.0763. The van der Waals surface area contributed by atoms with Crippen molar-refractivity contribution < 1.29 is 18.3 Å². The molecule has 2 heterocycles. The fraction of sp³-hybridized carbons (Fsp3) is 0.438. The first-order chi connectivity index (χ1) is 11.5. The highest BCUT2D eigenvalue weighted by atomic mass is 32.2. The SMILES string of the molecule is C[C@H]1CN(C(=O)CSc2nnc(-c3ccc(F)cc3)o2)C[C@H](C)O1. The molecule has 3 rings (SSSR count). The van der Waals surface area contributed by atoms with E-state index in [1.165, 1.54) is 23.9 Å². The lowest BCUT2D eigenvalue weighted by Gasteiger charge is -2.35. The number of amides is 1. The minimum atomic E-state index is -0.326. The number of hydrogen-bond acceptors (Lipinski definition) is 6. The molecule has 1 aliphatic heterocycles. The highest BCUT2D eigenvalue weighted by molar-refractivity contribution is 7.99. The number of benzene rings is 1. The molecular weight excluding hydrogens is 333 g/mol. The molecule has 1 saturated heterocycles. The lowest BCUT2D eigenvalue weighted by molar-refractivity contribution is -0.140. The topological polar surface area (TPSA) is 68.5 Å². The van der Waals surface area contributed by atoms with Crippen molar-refractivity contribution in [1.29, 1.82) is 0 Å². The van der Waals surface area contributed by atoms with Crippen LogP contribution in [-0.2, 0) is 9.53 Å². The summed E-state index contributed by atoms with van der Waals surface area (Å²) in [5.74, 6) is 0.222. The predicted octanol–water partition coefficient (Wildman–Crippen LogP) is 2.60. The van der Waals surface area contributed by atoms with E-state index in [4.69, 9.17) is 9.15 Å². The van der Waals surface area contributed by atoms with E-state index in [2.05, 4.69) is 10.2 Å². The molecule has 0 N–H and O–H groups in total. The first-order valence-electron chi connectivity index (χ1n) is 7.66. The Balaban J connectivity index is 1.57. The third-order valence-electron chi connectivity index (χ3n) is 3.59. The number of carbonyl (C=O) groups is 1. The van der Waals surface area contributed by atoms with E-state index in [0.29, 0.717) is 29.8 Å².